The number of hydrogen-bond acceptors (Lipinski definition) is 2. The minimum Gasteiger partial charge on any atom is -0.357 e. The second-order valence-corrected chi connectivity index (χ2v) is 5.63. The molecule has 0 bridgehead atoms. The molecular formula is C17H24ClN5. The van der Waals surface area contributed by atoms with Crippen LogP contribution in [0, 0.1) is 0 Å². The van der Waals surface area contributed by atoms with Crippen LogP contribution in [0.2, 0.25) is 5.02 Å². The van der Waals surface area contributed by atoms with Gasteiger partial charge in [0, 0.05) is 43.6 Å². The summed E-state index contributed by atoms with van der Waals surface area (Å²) >= 11 is 6.00. The van der Waals surface area contributed by atoms with E-state index in [2.05, 4.69) is 33.7 Å². The maximum Gasteiger partial charge on any atom is 0.191 e. The Morgan fingerprint density at radius 2 is 2.22 bits per heavy atom. The highest BCUT2D eigenvalue weighted by Crippen LogP contribution is 2.10. The first-order valence-electron chi connectivity index (χ1n) is 8.02. The molecule has 5 nitrogen and oxygen atoms in total. The van der Waals surface area contributed by atoms with Crippen molar-refractivity contribution in [2.75, 3.05) is 19.6 Å². The van der Waals surface area contributed by atoms with Crippen molar-refractivity contribution in [1.29, 1.82) is 0 Å². The van der Waals surface area contributed by atoms with E-state index in [4.69, 9.17) is 11.6 Å². The third-order valence-electron chi connectivity index (χ3n) is 3.31. The van der Waals surface area contributed by atoms with Crippen molar-refractivity contribution < 1.29 is 0 Å². The van der Waals surface area contributed by atoms with Gasteiger partial charge >= 0.3 is 0 Å². The van der Waals surface area contributed by atoms with E-state index >= 15 is 0 Å². The maximum absolute atomic E-state index is 6.00. The van der Waals surface area contributed by atoms with Crippen molar-refractivity contribution >= 4 is 17.6 Å². The summed E-state index contributed by atoms with van der Waals surface area (Å²) in [5, 5.41) is 11.6. The van der Waals surface area contributed by atoms with Gasteiger partial charge in [0.15, 0.2) is 5.96 Å². The van der Waals surface area contributed by atoms with Crippen LogP contribution in [0.25, 0.3) is 0 Å². The second kappa shape index (κ2) is 9.90. The predicted molar refractivity (Wildman–Crippen MR) is 96.0 cm³/mol. The van der Waals surface area contributed by atoms with Crippen molar-refractivity contribution in [3.8, 4) is 0 Å². The highest BCUT2D eigenvalue weighted by atomic mass is 35.5. The fourth-order valence-corrected chi connectivity index (χ4v) is 2.43. The maximum atomic E-state index is 6.00. The Balaban J connectivity index is 1.72. The predicted octanol–water partition coefficient (Wildman–Crippen LogP) is 2.72. The summed E-state index contributed by atoms with van der Waals surface area (Å²) in [6, 6.07) is 9.89. The van der Waals surface area contributed by atoms with Crippen molar-refractivity contribution in [3.63, 3.8) is 0 Å². The van der Waals surface area contributed by atoms with Crippen LogP contribution in [0.5, 0.6) is 0 Å². The largest absolute Gasteiger partial charge is 0.357 e. The van der Waals surface area contributed by atoms with Gasteiger partial charge < -0.3 is 10.6 Å². The molecule has 23 heavy (non-hydrogen) atoms. The molecule has 0 saturated carbocycles. The normalized spacial score (nSPS) is 11.5. The Bertz CT molecular complexity index is 595. The molecule has 0 aliphatic carbocycles. The Hall–Kier alpha value is -2.01. The third kappa shape index (κ3) is 6.74. The van der Waals surface area contributed by atoms with Crippen LogP contribution in [-0.4, -0.2) is 35.4 Å². The molecule has 0 saturated heterocycles. The zero-order valence-corrected chi connectivity index (χ0v) is 14.3. The summed E-state index contributed by atoms with van der Waals surface area (Å²) < 4.78 is 1.93. The van der Waals surface area contributed by atoms with Crippen LogP contribution in [0.1, 0.15) is 18.9 Å². The molecule has 2 rings (SSSR count). The average Bonchev–Trinajstić information content (AvgIpc) is 3.05. The van der Waals surface area contributed by atoms with Gasteiger partial charge in [-0.25, -0.2) is 0 Å². The summed E-state index contributed by atoms with van der Waals surface area (Å²) in [7, 11) is 0. The van der Waals surface area contributed by atoms with E-state index in [1.807, 2.05) is 35.1 Å². The summed E-state index contributed by atoms with van der Waals surface area (Å²) in [6.45, 7) is 5.40. The number of nitrogens with one attached hydrogen (secondary N) is 2. The lowest BCUT2D eigenvalue weighted by Crippen LogP contribution is -2.38. The summed E-state index contributed by atoms with van der Waals surface area (Å²) in [4.78, 5) is 4.59. The van der Waals surface area contributed by atoms with E-state index in [0.29, 0.717) is 0 Å². The Kier molecular flexibility index (Phi) is 7.46. The number of aryl methyl sites for hydroxylation is 1. The molecule has 0 amide bonds. The molecule has 0 fully saturated rings. The SMILES string of the molecule is CCNC(=NCCCn1cccn1)NCCc1cccc(Cl)c1. The van der Waals surface area contributed by atoms with E-state index in [1.54, 1.807) is 6.20 Å². The molecule has 124 valence electrons. The lowest BCUT2D eigenvalue weighted by Gasteiger charge is -2.11. The van der Waals surface area contributed by atoms with Gasteiger partial charge in [-0.05, 0) is 43.5 Å². The van der Waals surface area contributed by atoms with Crippen LogP contribution in [-0.2, 0) is 13.0 Å². The first kappa shape index (κ1) is 17.3. The van der Waals surface area contributed by atoms with Crippen LogP contribution in [0.15, 0.2) is 47.7 Å². The van der Waals surface area contributed by atoms with E-state index < -0.39 is 0 Å². The van der Waals surface area contributed by atoms with Crippen molar-refractivity contribution in [1.82, 2.24) is 20.4 Å². The van der Waals surface area contributed by atoms with Gasteiger partial charge in [0.1, 0.15) is 0 Å². The lowest BCUT2D eigenvalue weighted by molar-refractivity contribution is 0.584. The Morgan fingerprint density at radius 3 is 2.96 bits per heavy atom. The van der Waals surface area contributed by atoms with E-state index in [9.17, 15) is 0 Å². The number of benzene rings is 1. The minimum atomic E-state index is 0.770. The standard InChI is InChI=1S/C17H24ClN5/c1-2-19-17(20-9-4-12-23-13-5-10-22-23)21-11-8-15-6-3-7-16(18)14-15/h3,5-7,10,13-14H,2,4,8-9,11-12H2,1H3,(H2,19,20,21). The van der Waals surface area contributed by atoms with Gasteiger partial charge in [0.25, 0.3) is 0 Å². The zero-order chi connectivity index (χ0) is 16.3. The first-order valence-corrected chi connectivity index (χ1v) is 8.40. The fourth-order valence-electron chi connectivity index (χ4n) is 2.22. The zero-order valence-electron chi connectivity index (χ0n) is 13.5. The van der Waals surface area contributed by atoms with Gasteiger partial charge in [-0.1, -0.05) is 23.7 Å². The molecular weight excluding hydrogens is 310 g/mol. The quantitative estimate of drug-likeness (QED) is 0.443. The smallest absolute Gasteiger partial charge is 0.191 e. The molecule has 0 unspecified atom stereocenters. The minimum absolute atomic E-state index is 0.770. The number of nitrogens with zero attached hydrogens (tertiary/aromatic N) is 3. The van der Waals surface area contributed by atoms with Crippen LogP contribution in [0.4, 0.5) is 0 Å². The van der Waals surface area contributed by atoms with Gasteiger partial charge in [-0.3, -0.25) is 9.67 Å². The first-order chi connectivity index (χ1) is 11.3. The highest BCUT2D eigenvalue weighted by molar-refractivity contribution is 6.30. The van der Waals surface area contributed by atoms with Crippen molar-refractivity contribution in [2.24, 2.45) is 4.99 Å². The molecule has 0 aliphatic rings. The number of aromatic nitrogens is 2. The average molecular weight is 334 g/mol. The molecule has 0 radical (unpaired) electrons. The molecule has 1 aromatic heterocycles. The highest BCUT2D eigenvalue weighted by Gasteiger charge is 1.99. The van der Waals surface area contributed by atoms with Crippen LogP contribution < -0.4 is 10.6 Å². The number of rotatable bonds is 8. The number of hydrogen-bond donors (Lipinski definition) is 2. The number of aliphatic imine (C=N–C) groups is 1. The molecule has 0 atom stereocenters. The lowest BCUT2D eigenvalue weighted by atomic mass is 10.1. The van der Waals surface area contributed by atoms with Gasteiger partial charge in [-0.2, -0.15) is 5.10 Å². The Labute approximate surface area is 142 Å². The fraction of sp³-hybridized carbons (Fsp3) is 0.412. The molecule has 2 aromatic rings. The van der Waals surface area contributed by atoms with Crippen LogP contribution in [0.3, 0.4) is 0 Å². The van der Waals surface area contributed by atoms with Crippen LogP contribution >= 0.6 is 11.6 Å². The van der Waals surface area contributed by atoms with E-state index in [1.165, 1.54) is 5.56 Å². The van der Waals surface area contributed by atoms with Gasteiger partial charge in [-0.15, -0.1) is 0 Å². The monoisotopic (exact) mass is 333 g/mol. The van der Waals surface area contributed by atoms with Crippen molar-refractivity contribution in [2.45, 2.75) is 26.3 Å². The molecule has 0 spiro atoms. The molecule has 0 aliphatic heterocycles. The second-order valence-electron chi connectivity index (χ2n) is 5.19. The molecule has 1 aromatic carbocycles. The van der Waals surface area contributed by atoms with E-state index in [-0.39, 0.29) is 0 Å². The topological polar surface area (TPSA) is 54.2 Å². The summed E-state index contributed by atoms with van der Waals surface area (Å²) in [5.41, 5.74) is 1.22. The van der Waals surface area contributed by atoms with Gasteiger partial charge in [0.05, 0.1) is 0 Å². The molecule has 1 heterocycles. The van der Waals surface area contributed by atoms with Gasteiger partial charge in [0.2, 0.25) is 0 Å². The number of guanidine groups is 1. The molecule has 6 heteroatoms. The summed E-state index contributed by atoms with van der Waals surface area (Å²) in [6.07, 6.45) is 5.65. The third-order valence-corrected chi connectivity index (χ3v) is 3.55. The molecule has 2 N–H and O–H groups in total. The van der Waals surface area contributed by atoms with E-state index in [0.717, 1.165) is 50.0 Å². The van der Waals surface area contributed by atoms with Crippen molar-refractivity contribution in [3.05, 3.63) is 53.3 Å². The summed E-state index contributed by atoms with van der Waals surface area (Å²) in [5.74, 6) is 0.856. The number of halogens is 1. The Morgan fingerprint density at radius 1 is 1.30 bits per heavy atom.